The summed E-state index contributed by atoms with van der Waals surface area (Å²) in [5.74, 6) is -0.292. The third-order valence-electron chi connectivity index (χ3n) is 4.06. The third kappa shape index (κ3) is 3.87. The van der Waals surface area contributed by atoms with Crippen LogP contribution in [0.25, 0.3) is 0 Å². The molecule has 0 unspecified atom stereocenters. The summed E-state index contributed by atoms with van der Waals surface area (Å²) in [6.07, 6.45) is -3.67. The Kier molecular flexibility index (Phi) is 4.09. The lowest BCUT2D eigenvalue weighted by atomic mass is 9.92. The number of benzene rings is 1. The molecular weight excluding hydrogens is 313 g/mol. The summed E-state index contributed by atoms with van der Waals surface area (Å²) in [6, 6.07) is 5.64. The van der Waals surface area contributed by atoms with Crippen LogP contribution in [0.15, 0.2) is 24.3 Å². The van der Waals surface area contributed by atoms with E-state index in [0.717, 1.165) is 25.9 Å². The number of carbonyl (C=O) groups is 1. The number of ether oxygens (including phenoxy) is 2. The van der Waals surface area contributed by atoms with Crippen LogP contribution in [0.5, 0.6) is 5.75 Å². The predicted molar refractivity (Wildman–Crippen MR) is 74.9 cm³/mol. The Morgan fingerprint density at radius 1 is 1.30 bits per heavy atom. The molecule has 126 valence electrons. The van der Waals surface area contributed by atoms with Gasteiger partial charge in [-0.15, -0.1) is 13.2 Å². The van der Waals surface area contributed by atoms with E-state index in [-0.39, 0.29) is 12.3 Å². The molecule has 2 fully saturated rings. The van der Waals surface area contributed by atoms with E-state index in [0.29, 0.717) is 12.1 Å². The first kappa shape index (κ1) is 15.9. The van der Waals surface area contributed by atoms with Crippen molar-refractivity contribution in [2.45, 2.75) is 31.3 Å². The van der Waals surface area contributed by atoms with Crippen molar-refractivity contribution in [1.82, 2.24) is 10.2 Å². The van der Waals surface area contributed by atoms with Gasteiger partial charge in [-0.2, -0.15) is 0 Å². The van der Waals surface area contributed by atoms with Crippen LogP contribution in [0.3, 0.4) is 0 Å². The molecule has 1 amide bonds. The van der Waals surface area contributed by atoms with E-state index in [2.05, 4.69) is 10.1 Å². The summed E-state index contributed by atoms with van der Waals surface area (Å²) in [6.45, 7) is 2.23. The van der Waals surface area contributed by atoms with Crippen molar-refractivity contribution in [3.8, 4) is 5.75 Å². The Balaban J connectivity index is 1.67. The number of alkyl halides is 3. The van der Waals surface area contributed by atoms with Crippen molar-refractivity contribution in [1.29, 1.82) is 0 Å². The first-order chi connectivity index (χ1) is 10.9. The third-order valence-corrected chi connectivity index (χ3v) is 4.06. The Bertz CT molecular complexity index is 586. The van der Waals surface area contributed by atoms with E-state index in [9.17, 15) is 18.0 Å². The fourth-order valence-electron chi connectivity index (χ4n) is 3.02. The molecule has 0 saturated carbocycles. The van der Waals surface area contributed by atoms with Crippen molar-refractivity contribution < 1.29 is 27.4 Å². The Morgan fingerprint density at radius 3 is 2.74 bits per heavy atom. The fraction of sp³-hybridized carbons (Fsp3) is 0.533. The summed E-state index contributed by atoms with van der Waals surface area (Å²) in [7, 11) is 0. The van der Waals surface area contributed by atoms with Crippen LogP contribution >= 0.6 is 0 Å². The lowest BCUT2D eigenvalue weighted by Gasteiger charge is -2.31. The van der Waals surface area contributed by atoms with E-state index in [1.807, 2.05) is 0 Å². The average Bonchev–Trinajstić information content (AvgIpc) is 2.73. The van der Waals surface area contributed by atoms with Crippen molar-refractivity contribution in [3.63, 3.8) is 0 Å². The maximum atomic E-state index is 12.3. The maximum Gasteiger partial charge on any atom is 0.573 e. The summed E-state index contributed by atoms with van der Waals surface area (Å²) in [5, 5.41) is 3.21. The number of hydrogen-bond donors (Lipinski definition) is 1. The number of nitrogens with one attached hydrogen (secondary N) is 1. The monoisotopic (exact) mass is 330 g/mol. The minimum Gasteiger partial charge on any atom is -0.441 e. The molecule has 0 aliphatic carbocycles. The lowest BCUT2D eigenvalue weighted by Crippen LogP contribution is -2.44. The van der Waals surface area contributed by atoms with Crippen LogP contribution in [0.4, 0.5) is 18.0 Å². The number of nitrogens with zero attached hydrogens (tertiary/aromatic N) is 1. The second kappa shape index (κ2) is 5.92. The minimum atomic E-state index is -4.73. The summed E-state index contributed by atoms with van der Waals surface area (Å²) in [5.41, 5.74) is 0.0947. The fourth-order valence-corrected chi connectivity index (χ4v) is 3.02. The number of piperidine rings is 1. The van der Waals surface area contributed by atoms with Gasteiger partial charge < -0.3 is 14.8 Å². The molecule has 8 heteroatoms. The van der Waals surface area contributed by atoms with Gasteiger partial charge in [-0.25, -0.2) is 4.79 Å². The molecule has 1 N–H and O–H groups in total. The number of rotatable bonds is 3. The highest BCUT2D eigenvalue weighted by Gasteiger charge is 2.45. The van der Waals surface area contributed by atoms with E-state index in [4.69, 9.17) is 4.74 Å². The second-order valence-electron chi connectivity index (χ2n) is 5.85. The van der Waals surface area contributed by atoms with E-state index >= 15 is 0 Å². The van der Waals surface area contributed by atoms with Crippen LogP contribution in [-0.2, 0) is 11.3 Å². The zero-order chi connectivity index (χ0) is 16.5. The SMILES string of the molecule is O=C1OC2(CCNCC2)CN1Cc1cccc(OC(F)(F)F)c1. The van der Waals surface area contributed by atoms with Gasteiger partial charge in [-0.05, 0) is 30.8 Å². The largest absolute Gasteiger partial charge is 0.573 e. The van der Waals surface area contributed by atoms with Gasteiger partial charge in [0.25, 0.3) is 0 Å². The van der Waals surface area contributed by atoms with Crippen LogP contribution < -0.4 is 10.1 Å². The maximum absolute atomic E-state index is 12.3. The van der Waals surface area contributed by atoms with Crippen molar-refractivity contribution in [2.24, 2.45) is 0 Å². The molecule has 3 rings (SSSR count). The van der Waals surface area contributed by atoms with Crippen LogP contribution in [0, 0.1) is 0 Å². The molecule has 0 atom stereocenters. The van der Waals surface area contributed by atoms with Crippen molar-refractivity contribution >= 4 is 6.09 Å². The number of amides is 1. The molecule has 0 bridgehead atoms. The number of carbonyl (C=O) groups excluding carboxylic acids is 1. The highest BCUT2D eigenvalue weighted by molar-refractivity contribution is 5.70. The Labute approximate surface area is 131 Å². The van der Waals surface area contributed by atoms with E-state index in [1.165, 1.54) is 23.1 Å². The standard InChI is InChI=1S/C15H17F3N2O3/c16-15(17,18)22-12-3-1-2-11(8-12)9-20-10-14(23-13(20)21)4-6-19-7-5-14/h1-3,8,19H,4-7,9-10H2. The van der Waals surface area contributed by atoms with Gasteiger partial charge >= 0.3 is 12.5 Å². The van der Waals surface area contributed by atoms with Gasteiger partial charge in [0.05, 0.1) is 6.54 Å². The minimum absolute atomic E-state index is 0.197. The second-order valence-corrected chi connectivity index (χ2v) is 5.85. The molecule has 23 heavy (non-hydrogen) atoms. The van der Waals surface area contributed by atoms with Crippen molar-refractivity contribution in [3.05, 3.63) is 29.8 Å². The highest BCUT2D eigenvalue weighted by atomic mass is 19.4. The first-order valence-corrected chi connectivity index (χ1v) is 7.39. The molecular formula is C15H17F3N2O3. The molecule has 0 radical (unpaired) electrons. The number of hydrogen-bond acceptors (Lipinski definition) is 4. The zero-order valence-electron chi connectivity index (χ0n) is 12.4. The van der Waals surface area contributed by atoms with Crippen LogP contribution in [0.2, 0.25) is 0 Å². The van der Waals surface area contributed by atoms with Gasteiger partial charge in [0.15, 0.2) is 0 Å². The van der Waals surface area contributed by atoms with Gasteiger partial charge in [0.1, 0.15) is 11.4 Å². The van der Waals surface area contributed by atoms with E-state index < -0.39 is 18.1 Å². The molecule has 1 spiro atoms. The molecule has 1 aromatic rings. The molecule has 0 aromatic heterocycles. The topological polar surface area (TPSA) is 50.8 Å². The van der Waals surface area contributed by atoms with Gasteiger partial charge in [0, 0.05) is 19.4 Å². The van der Waals surface area contributed by atoms with Gasteiger partial charge in [0.2, 0.25) is 0 Å². The Hall–Kier alpha value is -1.96. The molecule has 2 aliphatic rings. The molecule has 1 aromatic carbocycles. The highest BCUT2D eigenvalue weighted by Crippen LogP contribution is 2.32. The normalized spacial score (nSPS) is 20.7. The van der Waals surface area contributed by atoms with Crippen LogP contribution in [-0.4, -0.2) is 42.6 Å². The zero-order valence-corrected chi connectivity index (χ0v) is 12.4. The smallest absolute Gasteiger partial charge is 0.441 e. The Morgan fingerprint density at radius 2 is 2.04 bits per heavy atom. The van der Waals surface area contributed by atoms with Crippen molar-refractivity contribution in [2.75, 3.05) is 19.6 Å². The van der Waals surface area contributed by atoms with E-state index in [1.54, 1.807) is 6.07 Å². The molecule has 2 heterocycles. The molecule has 5 nitrogen and oxygen atoms in total. The molecule has 2 saturated heterocycles. The van der Waals surface area contributed by atoms with Gasteiger partial charge in [-0.1, -0.05) is 12.1 Å². The number of halogens is 3. The summed E-state index contributed by atoms with van der Waals surface area (Å²) < 4.78 is 46.2. The van der Waals surface area contributed by atoms with Crippen LogP contribution in [0.1, 0.15) is 18.4 Å². The molecule has 2 aliphatic heterocycles. The lowest BCUT2D eigenvalue weighted by molar-refractivity contribution is -0.274. The summed E-state index contributed by atoms with van der Waals surface area (Å²) in [4.78, 5) is 13.6. The quantitative estimate of drug-likeness (QED) is 0.926. The average molecular weight is 330 g/mol. The first-order valence-electron chi connectivity index (χ1n) is 7.39. The predicted octanol–water partition coefficient (Wildman–Crippen LogP) is 2.66. The summed E-state index contributed by atoms with van der Waals surface area (Å²) >= 11 is 0. The van der Waals surface area contributed by atoms with Gasteiger partial charge in [-0.3, -0.25) is 4.90 Å².